The third-order valence-corrected chi connectivity index (χ3v) is 2.58. The highest BCUT2D eigenvalue weighted by atomic mass is 35.5. The number of H-pyrrole nitrogens is 1. The molecule has 0 unspecified atom stereocenters. The van der Waals surface area contributed by atoms with E-state index in [9.17, 15) is 4.79 Å². The number of benzene rings is 1. The van der Waals surface area contributed by atoms with Gasteiger partial charge in [0, 0.05) is 5.69 Å². The number of rotatable bonds is 2. The van der Waals surface area contributed by atoms with E-state index in [0.717, 1.165) is 11.4 Å². The summed E-state index contributed by atoms with van der Waals surface area (Å²) >= 11 is 10.7. The minimum absolute atomic E-state index is 0.0286. The molecule has 8 heteroatoms. The molecule has 0 aliphatic rings. The van der Waals surface area contributed by atoms with E-state index in [1.807, 2.05) is 12.1 Å². The Labute approximate surface area is 119 Å². The summed E-state index contributed by atoms with van der Waals surface area (Å²) in [6, 6.07) is 7.27. The summed E-state index contributed by atoms with van der Waals surface area (Å²) < 4.78 is 4.91. The Morgan fingerprint density at radius 2 is 1.95 bits per heavy atom. The van der Waals surface area contributed by atoms with E-state index in [2.05, 4.69) is 9.97 Å². The van der Waals surface area contributed by atoms with Crippen molar-refractivity contribution in [1.82, 2.24) is 9.97 Å². The van der Waals surface area contributed by atoms with Gasteiger partial charge in [-0.2, -0.15) is 0 Å². The van der Waals surface area contributed by atoms with Gasteiger partial charge in [0.2, 0.25) is 5.82 Å². The van der Waals surface area contributed by atoms with Crippen LogP contribution in [0.2, 0.25) is 10.3 Å². The van der Waals surface area contributed by atoms with Crippen molar-refractivity contribution < 1.29 is 14.6 Å². The van der Waals surface area contributed by atoms with Crippen molar-refractivity contribution >= 4 is 34.9 Å². The predicted octanol–water partition coefficient (Wildman–Crippen LogP) is 2.69. The number of carbonyl (C=O) groups is 1. The number of hydrogen-bond acceptors (Lipinski definition) is 4. The van der Waals surface area contributed by atoms with Gasteiger partial charge in [0.25, 0.3) is 0 Å². The molecule has 19 heavy (non-hydrogen) atoms. The van der Waals surface area contributed by atoms with Crippen LogP contribution in [0.15, 0.2) is 24.3 Å². The van der Waals surface area contributed by atoms with Crippen molar-refractivity contribution in [2.24, 2.45) is 0 Å². The van der Waals surface area contributed by atoms with Gasteiger partial charge in [-0.05, 0) is 24.3 Å². The second-order valence-electron chi connectivity index (χ2n) is 3.27. The molecule has 1 aromatic carbocycles. The van der Waals surface area contributed by atoms with Crippen LogP contribution in [0.5, 0.6) is 5.75 Å². The molecule has 1 aromatic heterocycles. The quantitative estimate of drug-likeness (QED) is 0.740. The molecule has 0 radical (unpaired) electrons. The number of aromatic carboxylic acids is 1. The number of methoxy groups -OCH3 is 1. The van der Waals surface area contributed by atoms with Crippen molar-refractivity contribution in [3.8, 4) is 5.75 Å². The van der Waals surface area contributed by atoms with Gasteiger partial charge in [-0.3, -0.25) is 0 Å². The Bertz CT molecular complexity index is 535. The molecular weight excluding hydrogens is 293 g/mol. The van der Waals surface area contributed by atoms with Crippen LogP contribution in [-0.2, 0) is 0 Å². The van der Waals surface area contributed by atoms with Gasteiger partial charge >= 0.3 is 5.97 Å². The molecule has 6 nitrogen and oxygen atoms in total. The number of carboxylic acids is 1. The molecule has 0 bridgehead atoms. The zero-order valence-corrected chi connectivity index (χ0v) is 11.4. The Morgan fingerprint density at radius 3 is 2.26 bits per heavy atom. The van der Waals surface area contributed by atoms with Crippen LogP contribution in [0.25, 0.3) is 0 Å². The Balaban J connectivity index is 0.000000191. The highest BCUT2D eigenvalue weighted by molar-refractivity contribution is 6.40. The summed E-state index contributed by atoms with van der Waals surface area (Å²) in [4.78, 5) is 15.8. The number of imidazole rings is 1. The molecule has 0 amide bonds. The number of hydrogen-bond donors (Lipinski definition) is 3. The van der Waals surface area contributed by atoms with Gasteiger partial charge in [0.05, 0.1) is 7.11 Å². The van der Waals surface area contributed by atoms with Crippen LogP contribution < -0.4 is 10.5 Å². The fourth-order valence-electron chi connectivity index (χ4n) is 1.04. The van der Waals surface area contributed by atoms with Gasteiger partial charge < -0.3 is 20.6 Å². The maximum absolute atomic E-state index is 10.2. The lowest BCUT2D eigenvalue weighted by Crippen LogP contribution is -1.97. The lowest BCUT2D eigenvalue weighted by molar-refractivity contribution is 0.0685. The average molecular weight is 304 g/mol. The number of carboxylic acid groups (broad SMARTS) is 1. The minimum Gasteiger partial charge on any atom is -0.497 e. The van der Waals surface area contributed by atoms with Crippen LogP contribution in [0, 0.1) is 0 Å². The maximum Gasteiger partial charge on any atom is 0.371 e. The summed E-state index contributed by atoms with van der Waals surface area (Å²) in [5.41, 5.74) is 6.19. The fourth-order valence-corrected chi connectivity index (χ4v) is 1.30. The molecule has 2 rings (SSSR count). The lowest BCUT2D eigenvalue weighted by Gasteiger charge is -1.97. The summed E-state index contributed by atoms with van der Waals surface area (Å²) in [6.45, 7) is 0. The maximum atomic E-state index is 10.2. The first-order chi connectivity index (χ1) is 8.93. The van der Waals surface area contributed by atoms with Crippen molar-refractivity contribution in [2.75, 3.05) is 12.8 Å². The van der Waals surface area contributed by atoms with Crippen molar-refractivity contribution in [1.29, 1.82) is 0 Å². The third kappa shape index (κ3) is 4.69. The first-order valence-corrected chi connectivity index (χ1v) is 5.73. The average Bonchev–Trinajstić information content (AvgIpc) is 2.72. The molecule has 2 aromatic rings. The summed E-state index contributed by atoms with van der Waals surface area (Å²) in [5, 5.41) is 8.32. The smallest absolute Gasteiger partial charge is 0.371 e. The van der Waals surface area contributed by atoms with Crippen LogP contribution >= 0.6 is 23.2 Å². The number of aromatic nitrogens is 2. The number of nitrogens with two attached hydrogens (primary N) is 1. The number of ether oxygens (including phenoxy) is 1. The number of aromatic amines is 1. The highest BCUT2D eigenvalue weighted by Crippen LogP contribution is 2.17. The minimum atomic E-state index is -1.19. The number of nitrogen functional groups attached to an aromatic ring is 1. The normalized spacial score (nSPS) is 9.42. The van der Waals surface area contributed by atoms with Gasteiger partial charge in [-0.25, -0.2) is 9.78 Å². The summed E-state index contributed by atoms with van der Waals surface area (Å²) in [7, 11) is 1.63. The van der Waals surface area contributed by atoms with E-state index in [0.29, 0.717) is 0 Å². The monoisotopic (exact) mass is 303 g/mol. The molecule has 0 atom stereocenters. The molecular formula is C11H11Cl2N3O3. The van der Waals surface area contributed by atoms with Gasteiger partial charge in [-0.15, -0.1) is 0 Å². The molecule has 4 N–H and O–H groups in total. The van der Waals surface area contributed by atoms with Crippen LogP contribution in [0.3, 0.4) is 0 Å². The zero-order chi connectivity index (χ0) is 14.4. The van der Waals surface area contributed by atoms with Gasteiger partial charge in [-0.1, -0.05) is 23.2 Å². The summed E-state index contributed by atoms with van der Waals surface area (Å²) in [6.07, 6.45) is 0. The molecule has 1 heterocycles. The SMILES string of the molecule is COc1ccc(N)cc1.O=C(O)c1nc(Cl)c(Cl)[nH]1. The topological polar surface area (TPSA) is 101 Å². The molecule has 0 aliphatic heterocycles. The number of nitrogens with zero attached hydrogens (tertiary/aromatic N) is 1. The van der Waals surface area contributed by atoms with E-state index >= 15 is 0 Å². The van der Waals surface area contributed by atoms with Crippen LogP contribution in [0.4, 0.5) is 5.69 Å². The molecule has 0 aliphatic carbocycles. The summed E-state index contributed by atoms with van der Waals surface area (Å²) in [5.74, 6) is -0.604. The Morgan fingerprint density at radius 1 is 1.37 bits per heavy atom. The third-order valence-electron chi connectivity index (χ3n) is 1.94. The van der Waals surface area contributed by atoms with E-state index < -0.39 is 5.97 Å². The second kappa shape index (κ2) is 6.86. The largest absolute Gasteiger partial charge is 0.497 e. The van der Waals surface area contributed by atoms with Crippen molar-refractivity contribution in [3.05, 3.63) is 40.4 Å². The van der Waals surface area contributed by atoms with E-state index in [-0.39, 0.29) is 16.1 Å². The van der Waals surface area contributed by atoms with E-state index in [1.54, 1.807) is 19.2 Å². The Hall–Kier alpha value is -1.92. The van der Waals surface area contributed by atoms with E-state index in [4.69, 9.17) is 38.8 Å². The lowest BCUT2D eigenvalue weighted by atomic mass is 10.3. The number of anilines is 1. The van der Waals surface area contributed by atoms with Crippen molar-refractivity contribution in [2.45, 2.75) is 0 Å². The van der Waals surface area contributed by atoms with Crippen molar-refractivity contribution in [3.63, 3.8) is 0 Å². The number of halogens is 2. The molecule has 0 fully saturated rings. The van der Waals surface area contributed by atoms with Gasteiger partial charge in [0.15, 0.2) is 5.15 Å². The van der Waals surface area contributed by atoms with E-state index in [1.165, 1.54) is 0 Å². The first kappa shape index (κ1) is 15.1. The van der Waals surface area contributed by atoms with Crippen LogP contribution in [0.1, 0.15) is 10.6 Å². The first-order valence-electron chi connectivity index (χ1n) is 4.98. The van der Waals surface area contributed by atoms with Gasteiger partial charge in [0.1, 0.15) is 10.9 Å². The molecule has 102 valence electrons. The predicted molar refractivity (Wildman–Crippen MR) is 73.0 cm³/mol. The Kier molecular flexibility index (Phi) is 5.47. The highest BCUT2D eigenvalue weighted by Gasteiger charge is 2.10. The molecule has 0 spiro atoms. The zero-order valence-electron chi connectivity index (χ0n) is 9.85. The number of nitrogens with one attached hydrogen (secondary N) is 1. The fraction of sp³-hybridized carbons (Fsp3) is 0.0909. The molecule has 0 saturated carbocycles. The molecule has 0 saturated heterocycles. The van der Waals surface area contributed by atoms with Crippen LogP contribution in [-0.4, -0.2) is 28.2 Å². The second-order valence-corrected chi connectivity index (χ2v) is 4.00. The standard InChI is InChI=1S/C7H9NO.C4H2Cl2N2O2/c1-9-7-4-2-6(8)3-5-7;5-1-2(6)8-3(7-1)4(9)10/h2-5H,8H2,1H3;(H,7,8)(H,9,10).